The quantitative estimate of drug-likeness (QED) is 0.315. The smallest absolute Gasteiger partial charge is 0.225 e. The summed E-state index contributed by atoms with van der Waals surface area (Å²) in [5.41, 5.74) is 1.22. The molecule has 1 unspecified atom stereocenters. The van der Waals surface area contributed by atoms with E-state index in [9.17, 15) is 0 Å². The van der Waals surface area contributed by atoms with Crippen LogP contribution in [0, 0.1) is 0 Å². The summed E-state index contributed by atoms with van der Waals surface area (Å²) in [6.07, 6.45) is 6.10. The van der Waals surface area contributed by atoms with Gasteiger partial charge in [-0.25, -0.2) is 9.97 Å². The highest BCUT2D eigenvalue weighted by Crippen LogP contribution is 2.32. The molecule has 1 aromatic heterocycles. The molecule has 33 heavy (non-hydrogen) atoms. The molecule has 2 saturated heterocycles. The standard InChI is InChI=1S/C24H35N7O.HI/c1-3-25-23(30-15-17-31(18-16-30)24-26-11-8-12-27-24)28-19-21(29-13-6-7-14-29)20-9-4-5-10-22(20)32-2;/h4-5,8-12,21H,3,6-7,13-19H2,1-2H3,(H,25,28);1H. The van der Waals surface area contributed by atoms with Gasteiger partial charge in [-0.1, -0.05) is 18.2 Å². The third kappa shape index (κ3) is 6.47. The van der Waals surface area contributed by atoms with E-state index >= 15 is 0 Å². The molecule has 1 aromatic carbocycles. The molecule has 0 spiro atoms. The van der Waals surface area contributed by atoms with Crippen molar-refractivity contribution < 1.29 is 4.74 Å². The predicted molar refractivity (Wildman–Crippen MR) is 144 cm³/mol. The monoisotopic (exact) mass is 565 g/mol. The van der Waals surface area contributed by atoms with Crippen LogP contribution in [0.2, 0.25) is 0 Å². The van der Waals surface area contributed by atoms with E-state index in [1.54, 1.807) is 19.5 Å². The molecule has 0 bridgehead atoms. The highest BCUT2D eigenvalue weighted by atomic mass is 127. The molecule has 180 valence electrons. The average Bonchev–Trinajstić information content (AvgIpc) is 3.39. The number of ether oxygens (including phenoxy) is 1. The number of anilines is 1. The van der Waals surface area contributed by atoms with Gasteiger partial charge in [-0.3, -0.25) is 9.89 Å². The summed E-state index contributed by atoms with van der Waals surface area (Å²) in [6.45, 7) is 9.48. The van der Waals surface area contributed by atoms with Gasteiger partial charge in [0.1, 0.15) is 5.75 Å². The molecule has 0 amide bonds. The highest BCUT2D eigenvalue weighted by Gasteiger charge is 2.27. The van der Waals surface area contributed by atoms with Crippen LogP contribution in [0.5, 0.6) is 5.75 Å². The van der Waals surface area contributed by atoms with Crippen LogP contribution in [0.15, 0.2) is 47.7 Å². The molecule has 3 heterocycles. The summed E-state index contributed by atoms with van der Waals surface area (Å²) in [4.78, 5) is 21.0. The zero-order chi connectivity index (χ0) is 22.2. The second-order valence-corrected chi connectivity index (χ2v) is 8.22. The molecule has 0 aliphatic carbocycles. The number of likely N-dealkylation sites (tertiary alicyclic amines) is 1. The molecule has 2 aliphatic rings. The number of para-hydroxylation sites is 1. The van der Waals surface area contributed by atoms with Crippen LogP contribution in [0.25, 0.3) is 0 Å². The minimum absolute atomic E-state index is 0. The number of nitrogens with zero attached hydrogens (tertiary/aromatic N) is 6. The number of benzene rings is 1. The molecule has 2 aromatic rings. The molecule has 2 aliphatic heterocycles. The first-order valence-corrected chi connectivity index (χ1v) is 11.7. The van der Waals surface area contributed by atoms with Crippen molar-refractivity contribution >= 4 is 35.9 Å². The third-order valence-electron chi connectivity index (χ3n) is 6.24. The summed E-state index contributed by atoms with van der Waals surface area (Å²) in [5, 5.41) is 3.51. The number of piperazine rings is 1. The topological polar surface area (TPSA) is 69.1 Å². The van der Waals surface area contributed by atoms with Gasteiger partial charge in [0.2, 0.25) is 5.95 Å². The average molecular weight is 566 g/mol. The van der Waals surface area contributed by atoms with Gasteiger partial charge < -0.3 is 19.9 Å². The van der Waals surface area contributed by atoms with Crippen LogP contribution in [-0.2, 0) is 0 Å². The predicted octanol–water partition coefficient (Wildman–Crippen LogP) is 3.03. The van der Waals surface area contributed by atoms with Crippen molar-refractivity contribution in [1.82, 2.24) is 25.1 Å². The summed E-state index contributed by atoms with van der Waals surface area (Å²) in [5.74, 6) is 2.74. The molecular formula is C24H36IN7O. The maximum absolute atomic E-state index is 5.69. The highest BCUT2D eigenvalue weighted by molar-refractivity contribution is 14.0. The Bertz CT molecular complexity index is 868. The third-order valence-corrected chi connectivity index (χ3v) is 6.24. The Morgan fingerprint density at radius 1 is 1.03 bits per heavy atom. The lowest BCUT2D eigenvalue weighted by Crippen LogP contribution is -2.53. The van der Waals surface area contributed by atoms with Crippen molar-refractivity contribution in [3.63, 3.8) is 0 Å². The number of aromatic nitrogens is 2. The van der Waals surface area contributed by atoms with E-state index in [0.717, 1.165) is 63.5 Å². The van der Waals surface area contributed by atoms with Gasteiger partial charge in [0.25, 0.3) is 0 Å². The molecule has 0 radical (unpaired) electrons. The van der Waals surface area contributed by atoms with E-state index < -0.39 is 0 Å². The second-order valence-electron chi connectivity index (χ2n) is 8.22. The Hall–Kier alpha value is -2.14. The molecule has 9 heteroatoms. The number of aliphatic imine (C=N–C) groups is 1. The molecule has 1 atom stereocenters. The van der Waals surface area contributed by atoms with Gasteiger partial charge in [0, 0.05) is 50.7 Å². The van der Waals surface area contributed by atoms with E-state index in [-0.39, 0.29) is 30.0 Å². The van der Waals surface area contributed by atoms with E-state index in [1.165, 1.54) is 18.4 Å². The van der Waals surface area contributed by atoms with Gasteiger partial charge in [-0.15, -0.1) is 24.0 Å². The van der Waals surface area contributed by atoms with E-state index in [2.05, 4.69) is 55.1 Å². The summed E-state index contributed by atoms with van der Waals surface area (Å²) >= 11 is 0. The van der Waals surface area contributed by atoms with Crippen molar-refractivity contribution in [2.45, 2.75) is 25.8 Å². The second kappa shape index (κ2) is 12.9. The van der Waals surface area contributed by atoms with Crippen LogP contribution in [0.3, 0.4) is 0 Å². The number of nitrogens with one attached hydrogen (secondary N) is 1. The van der Waals surface area contributed by atoms with Gasteiger partial charge >= 0.3 is 0 Å². The number of hydrogen-bond acceptors (Lipinski definition) is 6. The number of rotatable bonds is 7. The van der Waals surface area contributed by atoms with Crippen LogP contribution < -0.4 is 15.0 Å². The minimum atomic E-state index is 0. The molecule has 1 N–H and O–H groups in total. The summed E-state index contributed by atoms with van der Waals surface area (Å²) in [6, 6.07) is 10.4. The molecule has 2 fully saturated rings. The number of hydrogen-bond donors (Lipinski definition) is 1. The molecular weight excluding hydrogens is 529 g/mol. The van der Waals surface area contributed by atoms with Crippen molar-refractivity contribution in [2.24, 2.45) is 4.99 Å². The van der Waals surface area contributed by atoms with Gasteiger partial charge in [0.05, 0.1) is 19.7 Å². The lowest BCUT2D eigenvalue weighted by atomic mass is 10.0. The zero-order valence-electron chi connectivity index (χ0n) is 19.7. The van der Waals surface area contributed by atoms with E-state index in [4.69, 9.17) is 9.73 Å². The fourth-order valence-corrected chi connectivity index (χ4v) is 4.58. The number of halogens is 1. The maximum Gasteiger partial charge on any atom is 0.225 e. The van der Waals surface area contributed by atoms with Crippen molar-refractivity contribution in [3.8, 4) is 5.75 Å². The van der Waals surface area contributed by atoms with E-state index in [1.807, 2.05) is 12.1 Å². The van der Waals surface area contributed by atoms with Crippen LogP contribution >= 0.6 is 24.0 Å². The number of methoxy groups -OCH3 is 1. The molecule has 0 saturated carbocycles. The lowest BCUT2D eigenvalue weighted by molar-refractivity contribution is 0.244. The normalized spacial score (nSPS) is 18.1. The van der Waals surface area contributed by atoms with E-state index in [0.29, 0.717) is 6.54 Å². The summed E-state index contributed by atoms with van der Waals surface area (Å²) < 4.78 is 5.69. The van der Waals surface area contributed by atoms with Gasteiger partial charge in [-0.2, -0.15) is 0 Å². The molecule has 8 nitrogen and oxygen atoms in total. The SMILES string of the molecule is CCNC(=NCC(c1ccccc1OC)N1CCCC1)N1CCN(c2ncccn2)CC1.I. The van der Waals surface area contributed by atoms with Gasteiger partial charge in [-0.05, 0) is 45.0 Å². The first kappa shape index (κ1) is 25.5. The molecule has 4 rings (SSSR count). The van der Waals surface area contributed by atoms with Crippen LogP contribution in [0.4, 0.5) is 5.95 Å². The van der Waals surface area contributed by atoms with Crippen molar-refractivity contribution in [2.75, 3.05) is 64.4 Å². The van der Waals surface area contributed by atoms with Crippen molar-refractivity contribution in [3.05, 3.63) is 48.3 Å². The van der Waals surface area contributed by atoms with Crippen LogP contribution in [-0.4, -0.2) is 85.2 Å². The largest absolute Gasteiger partial charge is 0.496 e. The summed E-state index contributed by atoms with van der Waals surface area (Å²) in [7, 11) is 1.75. The van der Waals surface area contributed by atoms with Crippen LogP contribution in [0.1, 0.15) is 31.4 Å². The Morgan fingerprint density at radius 2 is 1.73 bits per heavy atom. The maximum atomic E-state index is 5.69. The Kier molecular flexibility index (Phi) is 9.98. The first-order chi connectivity index (χ1) is 15.8. The Balaban J connectivity index is 0.00000306. The van der Waals surface area contributed by atoms with Crippen molar-refractivity contribution in [1.29, 1.82) is 0 Å². The fourth-order valence-electron chi connectivity index (χ4n) is 4.58. The zero-order valence-corrected chi connectivity index (χ0v) is 22.0. The Morgan fingerprint density at radius 3 is 2.39 bits per heavy atom. The van der Waals surface area contributed by atoms with Gasteiger partial charge in [0.15, 0.2) is 5.96 Å². The fraction of sp³-hybridized carbons (Fsp3) is 0.542. The Labute approximate surface area is 214 Å². The first-order valence-electron chi connectivity index (χ1n) is 11.7. The lowest BCUT2D eigenvalue weighted by Gasteiger charge is -2.37. The minimum Gasteiger partial charge on any atom is -0.496 e. The number of guanidine groups is 1.